The molecular weight excluding hydrogens is 524 g/mol. The molecule has 1 fully saturated rings. The Kier molecular flexibility index (Phi) is 8.37. The molecule has 0 N–H and O–H groups in total. The van der Waals surface area contributed by atoms with E-state index < -0.39 is 38.1 Å². The Bertz CT molecular complexity index is 1390. The van der Waals surface area contributed by atoms with Crippen LogP contribution in [0.1, 0.15) is 36.0 Å². The van der Waals surface area contributed by atoms with E-state index in [-0.39, 0.29) is 35.9 Å². The zero-order valence-corrected chi connectivity index (χ0v) is 23.3. The van der Waals surface area contributed by atoms with Gasteiger partial charge < -0.3 is 4.74 Å². The monoisotopic (exact) mass is 556 g/mol. The van der Waals surface area contributed by atoms with E-state index in [1.807, 2.05) is 13.8 Å². The topological polar surface area (TPSA) is 101 Å². The molecule has 1 atom stereocenters. The molecule has 0 amide bonds. The summed E-state index contributed by atoms with van der Waals surface area (Å²) in [5.41, 5.74) is 2.24. The summed E-state index contributed by atoms with van der Waals surface area (Å²) >= 11 is 0. The van der Waals surface area contributed by atoms with E-state index in [0.717, 1.165) is 19.7 Å². The molecule has 0 unspecified atom stereocenters. The van der Waals surface area contributed by atoms with Crippen molar-refractivity contribution in [3.8, 4) is 0 Å². The van der Waals surface area contributed by atoms with Gasteiger partial charge in [-0.25, -0.2) is 16.8 Å². The fraction of sp³-hybridized carbons (Fsp3) is 0.321. The number of benzene rings is 3. The summed E-state index contributed by atoms with van der Waals surface area (Å²) in [7, 11) is -8.38. The molecule has 38 heavy (non-hydrogen) atoms. The predicted molar refractivity (Wildman–Crippen MR) is 144 cm³/mol. The van der Waals surface area contributed by atoms with E-state index in [2.05, 4.69) is 0 Å². The lowest BCUT2D eigenvalue weighted by Crippen LogP contribution is -2.61. The van der Waals surface area contributed by atoms with Gasteiger partial charge in [0.05, 0.1) is 16.4 Å². The van der Waals surface area contributed by atoms with Crippen LogP contribution in [0.4, 0.5) is 0 Å². The Hall–Kier alpha value is -3.05. The number of nitrogens with zero attached hydrogens (tertiary/aromatic N) is 2. The third kappa shape index (κ3) is 5.54. The van der Waals surface area contributed by atoms with Crippen LogP contribution in [0, 0.1) is 13.8 Å². The molecule has 1 aliphatic heterocycles. The van der Waals surface area contributed by atoms with Crippen LogP contribution in [-0.4, -0.2) is 57.3 Å². The van der Waals surface area contributed by atoms with Crippen molar-refractivity contribution >= 4 is 26.0 Å². The quantitative estimate of drug-likeness (QED) is 0.388. The first-order valence-electron chi connectivity index (χ1n) is 12.5. The minimum Gasteiger partial charge on any atom is -0.465 e. The highest BCUT2D eigenvalue weighted by molar-refractivity contribution is 7.90. The number of carbonyl (C=O) groups excluding carboxylic acids is 1. The van der Waals surface area contributed by atoms with E-state index in [0.29, 0.717) is 5.56 Å². The standard InChI is InChI=1S/C28H32N2O6S2/c1-4-36-28(31)26(23-9-6-5-7-10-23)27-29(37(32,33)24-15-11-21(2)12-16-24)19-8-20-30(27)38(34,35)25-17-13-22(3)14-18-25/h5-7,9-18,26-27H,4,8,19-20H2,1-3H3/t26-/m0/s1. The van der Waals surface area contributed by atoms with Crippen LogP contribution in [0.3, 0.4) is 0 Å². The van der Waals surface area contributed by atoms with Gasteiger partial charge in [0.25, 0.3) is 0 Å². The SMILES string of the molecule is CCOC(=O)[C@@H](c1ccccc1)C1N(S(=O)(=O)c2ccc(C)cc2)CCCN1S(=O)(=O)c1ccc(C)cc1. The van der Waals surface area contributed by atoms with Crippen LogP contribution in [0.15, 0.2) is 88.7 Å². The Labute approximate surface area is 225 Å². The number of ether oxygens (including phenoxy) is 1. The van der Waals surface area contributed by atoms with Crippen molar-refractivity contribution in [2.45, 2.75) is 49.1 Å². The molecule has 0 bridgehead atoms. The van der Waals surface area contributed by atoms with Crippen molar-refractivity contribution < 1.29 is 26.4 Å². The summed E-state index contributed by atoms with van der Waals surface area (Å²) < 4.78 is 63.8. The van der Waals surface area contributed by atoms with Gasteiger partial charge in [-0.2, -0.15) is 8.61 Å². The lowest BCUT2D eigenvalue weighted by Gasteiger charge is -2.44. The van der Waals surface area contributed by atoms with Gasteiger partial charge in [-0.1, -0.05) is 65.7 Å². The van der Waals surface area contributed by atoms with Crippen molar-refractivity contribution in [2.75, 3.05) is 19.7 Å². The molecule has 0 aliphatic carbocycles. The number of sulfonamides is 2. The normalized spacial score (nSPS) is 16.7. The van der Waals surface area contributed by atoms with E-state index >= 15 is 0 Å². The number of esters is 1. The van der Waals surface area contributed by atoms with Crippen molar-refractivity contribution in [1.29, 1.82) is 0 Å². The molecule has 0 aromatic heterocycles. The molecule has 0 radical (unpaired) electrons. The molecule has 8 nitrogen and oxygen atoms in total. The molecule has 10 heteroatoms. The molecule has 1 aliphatic rings. The molecule has 4 rings (SSSR count). The van der Waals surface area contributed by atoms with Gasteiger partial charge >= 0.3 is 5.97 Å². The molecule has 0 spiro atoms. The van der Waals surface area contributed by atoms with Crippen LogP contribution in [0.25, 0.3) is 0 Å². The van der Waals surface area contributed by atoms with Crippen molar-refractivity contribution in [3.63, 3.8) is 0 Å². The molecular formula is C28H32N2O6S2. The van der Waals surface area contributed by atoms with Gasteiger partial charge in [0.2, 0.25) is 20.0 Å². The third-order valence-electron chi connectivity index (χ3n) is 6.60. The maximum Gasteiger partial charge on any atom is 0.316 e. The van der Waals surface area contributed by atoms with E-state index in [9.17, 15) is 21.6 Å². The molecule has 202 valence electrons. The second kappa shape index (κ2) is 11.4. The molecule has 3 aromatic carbocycles. The largest absolute Gasteiger partial charge is 0.465 e. The lowest BCUT2D eigenvalue weighted by molar-refractivity contribution is -0.147. The van der Waals surface area contributed by atoms with Gasteiger partial charge in [0, 0.05) is 13.1 Å². The average molecular weight is 557 g/mol. The minimum absolute atomic E-state index is 0.0263. The first-order chi connectivity index (χ1) is 18.1. The van der Waals surface area contributed by atoms with Crippen LogP contribution >= 0.6 is 0 Å². The molecule has 1 heterocycles. The Balaban J connectivity index is 1.93. The number of hydrogen-bond acceptors (Lipinski definition) is 6. The second-order valence-electron chi connectivity index (χ2n) is 9.27. The maximum atomic E-state index is 14.0. The number of carbonyl (C=O) groups is 1. The molecule has 0 saturated carbocycles. The van der Waals surface area contributed by atoms with E-state index in [1.165, 1.54) is 24.3 Å². The van der Waals surface area contributed by atoms with Gasteiger partial charge in [-0.05, 0) is 57.0 Å². The summed E-state index contributed by atoms with van der Waals surface area (Å²) in [6.45, 7) is 5.50. The first-order valence-corrected chi connectivity index (χ1v) is 15.3. The average Bonchev–Trinajstić information content (AvgIpc) is 2.90. The van der Waals surface area contributed by atoms with Crippen molar-refractivity contribution in [2.24, 2.45) is 0 Å². The summed E-state index contributed by atoms with van der Waals surface area (Å²) in [5.74, 6) is -1.91. The lowest BCUT2D eigenvalue weighted by atomic mass is 9.94. The van der Waals surface area contributed by atoms with Crippen molar-refractivity contribution in [3.05, 3.63) is 95.6 Å². The van der Waals surface area contributed by atoms with E-state index in [4.69, 9.17) is 4.74 Å². The number of rotatable bonds is 8. The summed E-state index contributed by atoms with van der Waals surface area (Å²) in [4.78, 5) is 13.5. The Morgan fingerprint density at radius 1 is 0.789 bits per heavy atom. The number of aryl methyl sites for hydroxylation is 2. The fourth-order valence-corrected chi connectivity index (χ4v) is 8.00. The zero-order valence-electron chi connectivity index (χ0n) is 21.6. The van der Waals surface area contributed by atoms with Gasteiger partial charge in [0.1, 0.15) is 12.1 Å². The van der Waals surface area contributed by atoms with Crippen LogP contribution < -0.4 is 0 Å². The Morgan fingerprint density at radius 2 is 1.24 bits per heavy atom. The second-order valence-corrected chi connectivity index (χ2v) is 13.0. The third-order valence-corrected chi connectivity index (χ3v) is 10.4. The first kappa shape index (κ1) is 28.0. The zero-order chi connectivity index (χ0) is 27.5. The highest BCUT2D eigenvalue weighted by atomic mass is 32.2. The summed E-state index contributed by atoms with van der Waals surface area (Å²) in [6.07, 6.45) is -1.11. The van der Waals surface area contributed by atoms with Crippen molar-refractivity contribution in [1.82, 2.24) is 8.61 Å². The van der Waals surface area contributed by atoms with Crippen LogP contribution in [0.2, 0.25) is 0 Å². The predicted octanol–water partition coefficient (Wildman–Crippen LogP) is 4.06. The smallest absolute Gasteiger partial charge is 0.316 e. The number of hydrogen-bond donors (Lipinski definition) is 0. The maximum absolute atomic E-state index is 14.0. The van der Waals surface area contributed by atoms with Crippen LogP contribution in [0.5, 0.6) is 0 Å². The fourth-order valence-electron chi connectivity index (χ4n) is 4.66. The highest BCUT2D eigenvalue weighted by Gasteiger charge is 2.50. The Morgan fingerprint density at radius 3 is 1.66 bits per heavy atom. The van der Waals surface area contributed by atoms with Gasteiger partial charge in [-0.15, -0.1) is 0 Å². The molecule has 3 aromatic rings. The summed E-state index contributed by atoms with van der Waals surface area (Å²) in [6, 6.07) is 21.3. The highest BCUT2D eigenvalue weighted by Crippen LogP contribution is 2.37. The molecule has 1 saturated heterocycles. The van der Waals surface area contributed by atoms with Crippen LogP contribution in [-0.2, 0) is 29.6 Å². The summed E-state index contributed by atoms with van der Waals surface area (Å²) in [5, 5.41) is 0. The minimum atomic E-state index is -4.19. The van der Waals surface area contributed by atoms with Gasteiger partial charge in [-0.3, -0.25) is 4.79 Å². The van der Waals surface area contributed by atoms with E-state index in [1.54, 1.807) is 61.5 Å². The van der Waals surface area contributed by atoms with Gasteiger partial charge in [0.15, 0.2) is 0 Å².